The molecule has 0 aliphatic rings. The van der Waals surface area contributed by atoms with Crippen molar-refractivity contribution in [2.24, 2.45) is 0 Å². The number of aromatic nitrogens is 1. The predicted molar refractivity (Wildman–Crippen MR) is 92.4 cm³/mol. The summed E-state index contributed by atoms with van der Waals surface area (Å²) in [6, 6.07) is 8.74. The van der Waals surface area contributed by atoms with Crippen LogP contribution in [-0.4, -0.2) is 24.1 Å². The summed E-state index contributed by atoms with van der Waals surface area (Å²) in [4.78, 5) is 16.0. The monoisotopic (exact) mass is 366 g/mol. The lowest BCUT2D eigenvalue weighted by molar-refractivity contribution is -0.142. The number of rotatable bonds is 7. The Bertz CT molecular complexity index is 761. The van der Waals surface area contributed by atoms with Gasteiger partial charge in [-0.3, -0.25) is 9.78 Å². The van der Waals surface area contributed by atoms with E-state index in [0.717, 1.165) is 12.1 Å². The molecular weight excluding hydrogens is 345 g/mol. The molecular formula is C19H21F3N2O2. The summed E-state index contributed by atoms with van der Waals surface area (Å²) in [5.74, 6) is -0.391. The quantitative estimate of drug-likeness (QED) is 0.753. The Hall–Kier alpha value is -2.41. The number of carbonyl (C=O) groups excluding carboxylic acids is 1. The predicted octanol–water partition coefficient (Wildman–Crippen LogP) is 3.98. The zero-order valence-electron chi connectivity index (χ0n) is 14.7. The van der Waals surface area contributed by atoms with Gasteiger partial charge in [0, 0.05) is 12.1 Å². The molecule has 2 rings (SSSR count). The molecule has 0 fully saturated rings. The van der Waals surface area contributed by atoms with Crippen molar-refractivity contribution in [3.05, 3.63) is 53.2 Å². The van der Waals surface area contributed by atoms with Crippen LogP contribution in [0.5, 0.6) is 0 Å². The molecule has 0 unspecified atom stereocenters. The minimum absolute atomic E-state index is 0.0187. The highest BCUT2D eigenvalue weighted by molar-refractivity contribution is 5.72. The van der Waals surface area contributed by atoms with E-state index in [-0.39, 0.29) is 13.0 Å². The minimum atomic E-state index is -4.40. The molecule has 2 aromatic rings. The van der Waals surface area contributed by atoms with Crippen LogP contribution in [0.3, 0.4) is 0 Å². The lowest BCUT2D eigenvalue weighted by atomic mass is 10.00. The second kappa shape index (κ2) is 8.80. The van der Waals surface area contributed by atoms with Crippen LogP contribution in [0.25, 0.3) is 11.3 Å². The molecule has 1 heterocycles. The van der Waals surface area contributed by atoms with E-state index in [1.807, 2.05) is 6.92 Å². The van der Waals surface area contributed by atoms with Crippen LogP contribution in [0, 0.1) is 0 Å². The molecule has 0 atom stereocenters. The Morgan fingerprint density at radius 1 is 1.19 bits per heavy atom. The first kappa shape index (κ1) is 19.9. The fraction of sp³-hybridized carbons (Fsp3) is 0.368. The minimum Gasteiger partial charge on any atom is -0.466 e. The number of hydrogen-bond acceptors (Lipinski definition) is 4. The van der Waals surface area contributed by atoms with Gasteiger partial charge in [0.15, 0.2) is 0 Å². The van der Waals surface area contributed by atoms with Crippen molar-refractivity contribution in [1.82, 2.24) is 10.3 Å². The van der Waals surface area contributed by atoms with Gasteiger partial charge in [-0.15, -0.1) is 0 Å². The fourth-order valence-corrected chi connectivity index (χ4v) is 2.51. The van der Waals surface area contributed by atoms with Gasteiger partial charge in [-0.1, -0.05) is 19.1 Å². The molecule has 0 spiro atoms. The fourth-order valence-electron chi connectivity index (χ4n) is 2.51. The van der Waals surface area contributed by atoms with Gasteiger partial charge < -0.3 is 10.1 Å². The summed E-state index contributed by atoms with van der Waals surface area (Å²) in [5, 5.41) is 3.05. The molecule has 0 radical (unpaired) electrons. The number of alkyl halides is 3. The Labute approximate surface area is 150 Å². The first-order valence-electron chi connectivity index (χ1n) is 8.38. The molecule has 1 aromatic carbocycles. The van der Waals surface area contributed by atoms with E-state index >= 15 is 0 Å². The maximum Gasteiger partial charge on any atom is 0.416 e. The number of esters is 1. The van der Waals surface area contributed by atoms with Gasteiger partial charge in [-0.05, 0) is 43.3 Å². The van der Waals surface area contributed by atoms with E-state index in [1.54, 1.807) is 25.1 Å². The highest BCUT2D eigenvalue weighted by atomic mass is 19.4. The zero-order chi connectivity index (χ0) is 19.2. The number of carbonyl (C=O) groups is 1. The summed E-state index contributed by atoms with van der Waals surface area (Å²) in [6.45, 7) is 4.80. The third-order valence-electron chi connectivity index (χ3n) is 3.71. The van der Waals surface area contributed by atoms with E-state index in [2.05, 4.69) is 10.3 Å². The molecule has 0 saturated heterocycles. The van der Waals surface area contributed by atoms with Crippen molar-refractivity contribution in [1.29, 1.82) is 0 Å². The number of nitrogens with zero attached hydrogens (tertiary/aromatic N) is 1. The van der Waals surface area contributed by atoms with E-state index < -0.39 is 17.7 Å². The largest absolute Gasteiger partial charge is 0.466 e. The van der Waals surface area contributed by atoms with E-state index in [9.17, 15) is 18.0 Å². The summed E-state index contributed by atoms with van der Waals surface area (Å²) < 4.78 is 44.0. The van der Waals surface area contributed by atoms with Gasteiger partial charge in [0.1, 0.15) is 0 Å². The second-order valence-electron chi connectivity index (χ2n) is 5.65. The van der Waals surface area contributed by atoms with Crippen molar-refractivity contribution >= 4 is 5.97 Å². The number of pyridine rings is 1. The zero-order valence-corrected chi connectivity index (χ0v) is 14.7. The van der Waals surface area contributed by atoms with E-state index in [1.165, 1.54) is 6.07 Å². The number of ether oxygens (including phenoxy) is 1. The molecule has 0 bridgehead atoms. The Balaban J connectivity index is 2.38. The molecule has 26 heavy (non-hydrogen) atoms. The molecule has 4 nitrogen and oxygen atoms in total. The second-order valence-corrected chi connectivity index (χ2v) is 5.65. The highest BCUT2D eigenvalue weighted by Crippen LogP contribution is 2.33. The molecule has 140 valence electrons. The smallest absolute Gasteiger partial charge is 0.416 e. The first-order chi connectivity index (χ1) is 12.3. The van der Waals surface area contributed by atoms with Crippen molar-refractivity contribution in [3.8, 4) is 11.3 Å². The maximum atomic E-state index is 13.0. The van der Waals surface area contributed by atoms with Gasteiger partial charge >= 0.3 is 12.1 Å². The Morgan fingerprint density at radius 2 is 1.96 bits per heavy atom. The lowest BCUT2D eigenvalue weighted by Crippen LogP contribution is -2.14. The number of hydrogen-bond donors (Lipinski definition) is 1. The molecule has 0 aliphatic heterocycles. The lowest BCUT2D eigenvalue weighted by Gasteiger charge is -2.14. The van der Waals surface area contributed by atoms with Crippen molar-refractivity contribution in [3.63, 3.8) is 0 Å². The van der Waals surface area contributed by atoms with Gasteiger partial charge in [0.05, 0.1) is 30.0 Å². The molecule has 0 saturated carbocycles. The molecule has 1 N–H and O–H groups in total. The van der Waals surface area contributed by atoms with Crippen LogP contribution in [0.1, 0.15) is 30.7 Å². The number of nitrogens with one attached hydrogen (secondary N) is 1. The van der Waals surface area contributed by atoms with E-state index in [4.69, 9.17) is 4.74 Å². The molecule has 0 aliphatic carbocycles. The third-order valence-corrected chi connectivity index (χ3v) is 3.71. The van der Waals surface area contributed by atoms with Crippen molar-refractivity contribution < 1.29 is 22.7 Å². The van der Waals surface area contributed by atoms with E-state index in [0.29, 0.717) is 35.6 Å². The standard InChI is InChI=1S/C19H21F3N2O2/c1-3-23-12-13-10-14(19(20,21)22)8-9-16(13)17-7-5-6-15(24-17)11-18(25)26-4-2/h5-10,23H,3-4,11-12H2,1-2H3. The molecule has 7 heteroatoms. The summed E-state index contributed by atoms with van der Waals surface area (Å²) >= 11 is 0. The van der Waals surface area contributed by atoms with Crippen molar-refractivity contribution in [2.45, 2.75) is 33.0 Å². The molecule has 0 amide bonds. The van der Waals surface area contributed by atoms with Crippen LogP contribution < -0.4 is 5.32 Å². The van der Waals surface area contributed by atoms with Crippen LogP contribution in [0.15, 0.2) is 36.4 Å². The SMILES string of the molecule is CCNCc1cc(C(F)(F)F)ccc1-c1cccc(CC(=O)OCC)n1. The molecule has 1 aromatic heterocycles. The van der Waals surface area contributed by atoms with Gasteiger partial charge in [0.25, 0.3) is 0 Å². The van der Waals surface area contributed by atoms with Crippen LogP contribution in [0.2, 0.25) is 0 Å². The van der Waals surface area contributed by atoms with Gasteiger partial charge in [-0.2, -0.15) is 13.2 Å². The first-order valence-corrected chi connectivity index (χ1v) is 8.38. The third kappa shape index (κ3) is 5.29. The van der Waals surface area contributed by atoms with Crippen molar-refractivity contribution in [2.75, 3.05) is 13.2 Å². The van der Waals surface area contributed by atoms with Crippen LogP contribution in [0.4, 0.5) is 13.2 Å². The summed E-state index contributed by atoms with van der Waals surface area (Å²) in [5.41, 5.74) is 1.44. The Morgan fingerprint density at radius 3 is 2.62 bits per heavy atom. The van der Waals surface area contributed by atoms with Crippen LogP contribution in [-0.2, 0) is 28.7 Å². The normalized spacial score (nSPS) is 11.4. The Kier molecular flexibility index (Phi) is 6.74. The van der Waals surface area contributed by atoms with Crippen LogP contribution >= 0.6 is 0 Å². The highest BCUT2D eigenvalue weighted by Gasteiger charge is 2.31. The summed E-state index contributed by atoms with van der Waals surface area (Å²) in [7, 11) is 0. The number of halogens is 3. The van der Waals surface area contributed by atoms with Gasteiger partial charge in [0.2, 0.25) is 0 Å². The average Bonchev–Trinajstić information content (AvgIpc) is 2.59. The maximum absolute atomic E-state index is 13.0. The summed E-state index contributed by atoms with van der Waals surface area (Å²) in [6.07, 6.45) is -4.39. The average molecular weight is 366 g/mol. The number of benzene rings is 1. The van der Waals surface area contributed by atoms with Gasteiger partial charge in [-0.25, -0.2) is 0 Å². The topological polar surface area (TPSA) is 51.2 Å².